The third-order valence-electron chi connectivity index (χ3n) is 1.95. The van der Waals surface area contributed by atoms with Crippen molar-refractivity contribution in [3.8, 4) is 0 Å². The van der Waals surface area contributed by atoms with E-state index in [0.717, 1.165) is 37.8 Å². The van der Waals surface area contributed by atoms with E-state index in [1.807, 2.05) is 4.57 Å². The highest BCUT2D eigenvalue weighted by molar-refractivity contribution is 6.16. The van der Waals surface area contributed by atoms with Gasteiger partial charge in [-0.2, -0.15) is 0 Å². The fraction of sp³-hybridized carbons (Fsp3) is 0.714. The minimum absolute atomic E-state index is 0.424. The molecule has 2 heterocycles. The van der Waals surface area contributed by atoms with Crippen LogP contribution < -0.4 is 0 Å². The summed E-state index contributed by atoms with van der Waals surface area (Å²) in [5.41, 5.74) is 0. The second-order valence-electron chi connectivity index (χ2n) is 2.68. The molecule has 0 aliphatic carbocycles. The molecule has 0 radical (unpaired) electrons. The number of aromatic nitrogens is 3. The van der Waals surface area contributed by atoms with Crippen LogP contribution in [0, 0.1) is 0 Å². The smallest absolute Gasteiger partial charge is 0.148 e. The van der Waals surface area contributed by atoms with Gasteiger partial charge >= 0.3 is 0 Å². The van der Waals surface area contributed by atoms with Crippen molar-refractivity contribution in [1.82, 2.24) is 14.8 Å². The van der Waals surface area contributed by atoms with Crippen LogP contribution in [0.15, 0.2) is 0 Å². The Morgan fingerprint density at radius 1 is 1.42 bits per heavy atom. The number of fused-ring (bicyclic) bond motifs is 1. The second kappa shape index (κ2) is 3.41. The third kappa shape index (κ3) is 1.32. The van der Waals surface area contributed by atoms with Crippen molar-refractivity contribution in [2.75, 3.05) is 13.2 Å². The summed E-state index contributed by atoms with van der Waals surface area (Å²) < 4.78 is 7.34. The number of nitrogens with zero attached hydrogens (tertiary/aromatic N) is 3. The molecule has 5 heteroatoms. The molecular formula is C7H10ClN3O. The van der Waals surface area contributed by atoms with E-state index in [4.69, 9.17) is 16.3 Å². The predicted octanol–water partition coefficient (Wildman–Crippen LogP) is 0.590. The molecule has 0 amide bonds. The van der Waals surface area contributed by atoms with Gasteiger partial charge in [-0.05, 0) is 0 Å². The third-order valence-corrected chi connectivity index (χ3v) is 2.19. The first kappa shape index (κ1) is 8.01. The first-order valence-electron chi connectivity index (χ1n) is 3.96. The Balaban J connectivity index is 2.32. The molecule has 12 heavy (non-hydrogen) atoms. The molecule has 0 unspecified atom stereocenters. The maximum atomic E-state index is 5.69. The lowest BCUT2D eigenvalue weighted by atomic mass is 10.4. The monoisotopic (exact) mass is 187 g/mol. The van der Waals surface area contributed by atoms with E-state index in [2.05, 4.69) is 10.2 Å². The van der Waals surface area contributed by atoms with Crippen LogP contribution in [-0.2, 0) is 23.6 Å². The van der Waals surface area contributed by atoms with E-state index in [1.165, 1.54) is 0 Å². The average Bonchev–Trinajstić information content (AvgIpc) is 2.33. The molecule has 0 N–H and O–H groups in total. The van der Waals surface area contributed by atoms with Crippen LogP contribution >= 0.6 is 11.6 Å². The Bertz CT molecular complexity index is 274. The first-order valence-corrected chi connectivity index (χ1v) is 4.50. The van der Waals surface area contributed by atoms with Gasteiger partial charge in [-0.15, -0.1) is 21.8 Å². The summed E-state index contributed by atoms with van der Waals surface area (Å²) in [6, 6.07) is 0. The van der Waals surface area contributed by atoms with Crippen LogP contribution in [0.1, 0.15) is 11.6 Å². The van der Waals surface area contributed by atoms with Gasteiger partial charge in [0.2, 0.25) is 0 Å². The van der Waals surface area contributed by atoms with Crippen LogP contribution in [0.4, 0.5) is 0 Å². The number of alkyl halides is 1. The molecule has 0 fully saturated rings. The number of rotatable bonds is 1. The molecule has 0 saturated carbocycles. The molecule has 4 nitrogen and oxygen atoms in total. The molecule has 1 aliphatic rings. The molecule has 0 saturated heterocycles. The largest absolute Gasteiger partial charge is 0.379 e. The molecule has 0 spiro atoms. The van der Waals surface area contributed by atoms with Gasteiger partial charge in [0.1, 0.15) is 11.6 Å². The minimum atomic E-state index is 0.424. The van der Waals surface area contributed by atoms with Crippen LogP contribution in [0.2, 0.25) is 0 Å². The summed E-state index contributed by atoms with van der Waals surface area (Å²) in [5, 5.41) is 8.02. The zero-order chi connectivity index (χ0) is 8.39. The molecule has 1 aliphatic heterocycles. The van der Waals surface area contributed by atoms with Crippen LogP contribution in [0.25, 0.3) is 0 Å². The summed E-state index contributed by atoms with van der Waals surface area (Å²) in [7, 11) is 0. The van der Waals surface area contributed by atoms with Crippen LogP contribution in [0.5, 0.6) is 0 Å². The van der Waals surface area contributed by atoms with E-state index in [9.17, 15) is 0 Å². The predicted molar refractivity (Wildman–Crippen MR) is 44.1 cm³/mol. The second-order valence-corrected chi connectivity index (χ2v) is 2.95. The SMILES string of the molecule is ClCc1nnc2n1CCOCC2. The van der Waals surface area contributed by atoms with Crippen molar-refractivity contribution >= 4 is 11.6 Å². The quantitative estimate of drug-likeness (QED) is 0.605. The van der Waals surface area contributed by atoms with Crippen molar-refractivity contribution in [3.05, 3.63) is 11.6 Å². The summed E-state index contributed by atoms with van der Waals surface area (Å²) >= 11 is 5.69. The lowest BCUT2D eigenvalue weighted by Gasteiger charge is -2.02. The average molecular weight is 188 g/mol. The van der Waals surface area contributed by atoms with Gasteiger partial charge in [0.25, 0.3) is 0 Å². The number of hydrogen-bond donors (Lipinski definition) is 0. The highest BCUT2D eigenvalue weighted by atomic mass is 35.5. The van der Waals surface area contributed by atoms with Gasteiger partial charge in [-0.1, -0.05) is 0 Å². The van der Waals surface area contributed by atoms with Gasteiger partial charge in [0.15, 0.2) is 0 Å². The lowest BCUT2D eigenvalue weighted by molar-refractivity contribution is 0.139. The summed E-state index contributed by atoms with van der Waals surface area (Å²) in [6.45, 7) is 2.29. The maximum absolute atomic E-state index is 5.69. The Hall–Kier alpha value is -0.610. The standard InChI is InChI=1S/C7H10ClN3O/c8-5-7-10-9-6-1-3-12-4-2-11(6)7/h1-5H2. The van der Waals surface area contributed by atoms with Gasteiger partial charge in [0, 0.05) is 13.0 Å². The molecule has 0 aromatic carbocycles. The Kier molecular flexibility index (Phi) is 2.28. The minimum Gasteiger partial charge on any atom is -0.379 e. The molecular weight excluding hydrogens is 178 g/mol. The molecule has 1 aromatic rings. The lowest BCUT2D eigenvalue weighted by Crippen LogP contribution is -2.07. The summed E-state index contributed by atoms with van der Waals surface area (Å²) in [4.78, 5) is 0. The molecule has 2 rings (SSSR count). The molecule has 66 valence electrons. The molecule has 1 aromatic heterocycles. The first-order chi connectivity index (χ1) is 5.92. The highest BCUT2D eigenvalue weighted by Gasteiger charge is 2.13. The van der Waals surface area contributed by atoms with Gasteiger partial charge < -0.3 is 9.30 Å². The van der Waals surface area contributed by atoms with E-state index in [1.54, 1.807) is 0 Å². The van der Waals surface area contributed by atoms with Crippen LogP contribution in [0.3, 0.4) is 0 Å². The Labute approximate surface area is 75.5 Å². The van der Waals surface area contributed by atoms with Gasteiger partial charge in [-0.3, -0.25) is 0 Å². The van der Waals surface area contributed by atoms with Crippen LogP contribution in [-0.4, -0.2) is 28.0 Å². The number of hydrogen-bond acceptors (Lipinski definition) is 3. The molecule has 0 bridgehead atoms. The van der Waals surface area contributed by atoms with E-state index in [0.29, 0.717) is 5.88 Å². The summed E-state index contributed by atoms with van der Waals surface area (Å²) in [6.07, 6.45) is 0.837. The summed E-state index contributed by atoms with van der Waals surface area (Å²) in [5.74, 6) is 2.26. The number of ether oxygens (including phenoxy) is 1. The van der Waals surface area contributed by atoms with Crippen molar-refractivity contribution < 1.29 is 4.74 Å². The van der Waals surface area contributed by atoms with Crippen molar-refractivity contribution in [2.24, 2.45) is 0 Å². The van der Waals surface area contributed by atoms with E-state index >= 15 is 0 Å². The van der Waals surface area contributed by atoms with Gasteiger partial charge in [-0.25, -0.2) is 0 Å². The van der Waals surface area contributed by atoms with Crippen molar-refractivity contribution in [1.29, 1.82) is 0 Å². The van der Waals surface area contributed by atoms with Crippen molar-refractivity contribution in [3.63, 3.8) is 0 Å². The van der Waals surface area contributed by atoms with E-state index in [-0.39, 0.29) is 0 Å². The molecule has 0 atom stereocenters. The Morgan fingerprint density at radius 2 is 2.33 bits per heavy atom. The fourth-order valence-corrected chi connectivity index (χ4v) is 1.53. The fourth-order valence-electron chi connectivity index (χ4n) is 1.34. The number of halogens is 1. The normalized spacial score (nSPS) is 17.1. The maximum Gasteiger partial charge on any atom is 0.148 e. The zero-order valence-electron chi connectivity index (χ0n) is 6.66. The topological polar surface area (TPSA) is 39.9 Å². The van der Waals surface area contributed by atoms with E-state index < -0.39 is 0 Å². The highest BCUT2D eigenvalue weighted by Crippen LogP contribution is 2.08. The zero-order valence-corrected chi connectivity index (χ0v) is 7.42. The van der Waals surface area contributed by atoms with Crippen molar-refractivity contribution in [2.45, 2.75) is 18.8 Å². The van der Waals surface area contributed by atoms with Gasteiger partial charge in [0.05, 0.1) is 19.1 Å². The Morgan fingerprint density at radius 3 is 3.17 bits per heavy atom.